The number of carbonyl (C=O) groups excluding carboxylic acids is 1. The molecule has 4 heteroatoms. The van der Waals surface area contributed by atoms with Gasteiger partial charge >= 0.3 is 6.09 Å². The Morgan fingerprint density at radius 3 is 2.53 bits per heavy atom. The maximum absolute atomic E-state index is 11.1. The predicted molar refractivity (Wildman–Crippen MR) is 61.2 cm³/mol. The largest absolute Gasteiger partial charge is 0.449 e. The van der Waals surface area contributed by atoms with Crippen molar-refractivity contribution in [1.29, 1.82) is 5.41 Å². The molecule has 0 saturated carbocycles. The summed E-state index contributed by atoms with van der Waals surface area (Å²) in [5.74, 6) is 0.228. The van der Waals surface area contributed by atoms with E-state index in [2.05, 4.69) is 12.2 Å². The number of ether oxygens (including phenoxy) is 1. The van der Waals surface area contributed by atoms with Crippen LogP contribution >= 0.6 is 0 Å². The van der Waals surface area contributed by atoms with Crippen molar-refractivity contribution in [3.63, 3.8) is 0 Å². The molecule has 0 fully saturated rings. The van der Waals surface area contributed by atoms with Gasteiger partial charge in [0.1, 0.15) is 5.84 Å². The van der Waals surface area contributed by atoms with E-state index >= 15 is 0 Å². The summed E-state index contributed by atoms with van der Waals surface area (Å²) in [6, 6.07) is 0. The molecule has 0 rings (SSSR count). The third-order valence-corrected chi connectivity index (χ3v) is 2.05. The van der Waals surface area contributed by atoms with Crippen molar-refractivity contribution in [1.82, 2.24) is 5.32 Å². The molecule has 0 radical (unpaired) electrons. The molecule has 4 nitrogen and oxygen atoms in total. The van der Waals surface area contributed by atoms with Gasteiger partial charge in [-0.05, 0) is 6.42 Å². The SMILES string of the molecule is CCCCCCOC(=O)NC(=N)C(C)C. The first-order valence-corrected chi connectivity index (χ1v) is 5.60. The molecule has 0 aromatic carbocycles. The number of hydrogen-bond donors (Lipinski definition) is 2. The Bertz CT molecular complexity index is 203. The van der Waals surface area contributed by atoms with E-state index < -0.39 is 6.09 Å². The smallest absolute Gasteiger partial charge is 0.412 e. The van der Waals surface area contributed by atoms with Crippen LogP contribution in [0.3, 0.4) is 0 Å². The van der Waals surface area contributed by atoms with Gasteiger partial charge in [-0.15, -0.1) is 0 Å². The average molecular weight is 214 g/mol. The number of carbonyl (C=O) groups is 1. The van der Waals surface area contributed by atoms with E-state index in [0.717, 1.165) is 12.8 Å². The van der Waals surface area contributed by atoms with Gasteiger partial charge in [0.2, 0.25) is 0 Å². The van der Waals surface area contributed by atoms with Crippen LogP contribution in [0.25, 0.3) is 0 Å². The molecule has 0 aromatic heterocycles. The van der Waals surface area contributed by atoms with Gasteiger partial charge in [-0.2, -0.15) is 0 Å². The molecule has 15 heavy (non-hydrogen) atoms. The number of alkyl carbamates (subject to hydrolysis) is 1. The quantitative estimate of drug-likeness (QED) is 0.405. The molecule has 88 valence electrons. The van der Waals surface area contributed by atoms with Gasteiger partial charge in [-0.1, -0.05) is 40.0 Å². The first kappa shape index (κ1) is 13.9. The van der Waals surface area contributed by atoms with Crippen LogP contribution in [0.5, 0.6) is 0 Å². The molecule has 0 atom stereocenters. The summed E-state index contributed by atoms with van der Waals surface area (Å²) in [7, 11) is 0. The van der Waals surface area contributed by atoms with Crippen molar-refractivity contribution in [3.05, 3.63) is 0 Å². The van der Waals surface area contributed by atoms with Crippen LogP contribution in [0.4, 0.5) is 4.79 Å². The molecule has 0 aliphatic heterocycles. The lowest BCUT2D eigenvalue weighted by molar-refractivity contribution is 0.149. The third-order valence-electron chi connectivity index (χ3n) is 2.05. The minimum atomic E-state index is -0.509. The molecule has 0 unspecified atom stereocenters. The van der Waals surface area contributed by atoms with Gasteiger partial charge in [0.05, 0.1) is 6.61 Å². The first-order valence-electron chi connectivity index (χ1n) is 5.60. The van der Waals surface area contributed by atoms with Gasteiger partial charge in [-0.3, -0.25) is 10.7 Å². The van der Waals surface area contributed by atoms with Crippen molar-refractivity contribution in [2.24, 2.45) is 5.92 Å². The number of hydrogen-bond acceptors (Lipinski definition) is 3. The van der Waals surface area contributed by atoms with E-state index in [4.69, 9.17) is 10.1 Å². The second kappa shape index (κ2) is 8.26. The van der Waals surface area contributed by atoms with Crippen molar-refractivity contribution >= 4 is 11.9 Å². The van der Waals surface area contributed by atoms with Crippen molar-refractivity contribution in [2.75, 3.05) is 6.61 Å². The highest BCUT2D eigenvalue weighted by atomic mass is 16.5. The Morgan fingerprint density at radius 1 is 1.33 bits per heavy atom. The monoisotopic (exact) mass is 214 g/mol. The summed E-state index contributed by atoms with van der Waals surface area (Å²) < 4.78 is 4.92. The van der Waals surface area contributed by atoms with E-state index in [1.807, 2.05) is 13.8 Å². The fourth-order valence-corrected chi connectivity index (χ4v) is 0.984. The maximum atomic E-state index is 11.1. The second-order valence-electron chi connectivity index (χ2n) is 3.89. The van der Waals surface area contributed by atoms with E-state index in [0.29, 0.717) is 6.61 Å². The van der Waals surface area contributed by atoms with Gasteiger partial charge in [0.25, 0.3) is 0 Å². The minimum absolute atomic E-state index is 0.0256. The lowest BCUT2D eigenvalue weighted by atomic mass is 10.2. The van der Waals surface area contributed by atoms with Crippen LogP contribution in [0.2, 0.25) is 0 Å². The lowest BCUT2D eigenvalue weighted by Crippen LogP contribution is -2.33. The Kier molecular flexibility index (Phi) is 7.68. The van der Waals surface area contributed by atoms with E-state index in [-0.39, 0.29) is 11.8 Å². The normalized spacial score (nSPS) is 10.1. The minimum Gasteiger partial charge on any atom is -0.449 e. The Balaban J connectivity index is 3.45. The lowest BCUT2D eigenvalue weighted by Gasteiger charge is -2.09. The maximum Gasteiger partial charge on any atom is 0.412 e. The van der Waals surface area contributed by atoms with E-state index in [1.165, 1.54) is 12.8 Å². The highest BCUT2D eigenvalue weighted by Crippen LogP contribution is 1.99. The van der Waals surface area contributed by atoms with E-state index in [1.54, 1.807) is 0 Å². The number of amides is 1. The summed E-state index contributed by atoms with van der Waals surface area (Å²) >= 11 is 0. The first-order chi connectivity index (χ1) is 7.07. The van der Waals surface area contributed by atoms with Crippen molar-refractivity contribution < 1.29 is 9.53 Å². The third kappa shape index (κ3) is 7.97. The molecule has 0 spiro atoms. The van der Waals surface area contributed by atoms with Crippen LogP contribution in [-0.4, -0.2) is 18.5 Å². The number of amidine groups is 1. The molecule has 0 bridgehead atoms. The summed E-state index contributed by atoms with van der Waals surface area (Å²) in [5.41, 5.74) is 0. The van der Waals surface area contributed by atoms with Crippen LogP contribution in [0, 0.1) is 11.3 Å². The van der Waals surface area contributed by atoms with Crippen LogP contribution in [0.15, 0.2) is 0 Å². The molecule has 0 aliphatic rings. The zero-order valence-electron chi connectivity index (χ0n) is 9.93. The molecule has 2 N–H and O–H groups in total. The number of unbranched alkanes of at least 4 members (excludes halogenated alkanes) is 3. The van der Waals surface area contributed by atoms with Crippen molar-refractivity contribution in [2.45, 2.75) is 46.5 Å². The molecular weight excluding hydrogens is 192 g/mol. The van der Waals surface area contributed by atoms with Gasteiger partial charge < -0.3 is 4.74 Å². The Morgan fingerprint density at radius 2 is 2.00 bits per heavy atom. The molecule has 0 aromatic rings. The Labute approximate surface area is 91.9 Å². The number of nitrogens with one attached hydrogen (secondary N) is 2. The standard InChI is InChI=1S/C11H22N2O2/c1-4-5-6-7-8-15-11(14)13-10(12)9(2)3/h9H,4-8H2,1-3H3,(H2,12,13,14). The fraction of sp³-hybridized carbons (Fsp3) is 0.818. The summed E-state index contributed by atoms with van der Waals surface area (Å²) in [6.45, 7) is 6.28. The zero-order chi connectivity index (χ0) is 11.7. The summed E-state index contributed by atoms with van der Waals surface area (Å²) in [6.07, 6.45) is 3.82. The summed E-state index contributed by atoms with van der Waals surface area (Å²) in [5, 5.41) is 9.80. The van der Waals surface area contributed by atoms with Crippen molar-refractivity contribution in [3.8, 4) is 0 Å². The molecule has 0 aliphatic carbocycles. The topological polar surface area (TPSA) is 62.2 Å². The van der Waals surface area contributed by atoms with Gasteiger partial charge in [-0.25, -0.2) is 4.79 Å². The van der Waals surface area contributed by atoms with Crippen LogP contribution in [0.1, 0.15) is 46.5 Å². The molecular formula is C11H22N2O2. The van der Waals surface area contributed by atoms with Crippen LogP contribution < -0.4 is 5.32 Å². The average Bonchev–Trinajstić information content (AvgIpc) is 2.17. The highest BCUT2D eigenvalue weighted by Gasteiger charge is 2.07. The second-order valence-corrected chi connectivity index (χ2v) is 3.89. The fourth-order valence-electron chi connectivity index (χ4n) is 0.984. The molecule has 0 heterocycles. The Hall–Kier alpha value is -1.06. The van der Waals surface area contributed by atoms with Gasteiger partial charge in [0, 0.05) is 5.92 Å². The van der Waals surface area contributed by atoms with E-state index in [9.17, 15) is 4.79 Å². The summed E-state index contributed by atoms with van der Waals surface area (Å²) in [4.78, 5) is 11.1. The highest BCUT2D eigenvalue weighted by molar-refractivity contribution is 5.94. The van der Waals surface area contributed by atoms with Crippen LogP contribution in [-0.2, 0) is 4.74 Å². The number of rotatable bonds is 6. The predicted octanol–water partition coefficient (Wildman–Crippen LogP) is 2.93. The molecule has 1 amide bonds. The molecule has 0 saturated heterocycles. The van der Waals surface area contributed by atoms with Gasteiger partial charge in [0.15, 0.2) is 0 Å². The zero-order valence-corrected chi connectivity index (χ0v) is 9.93.